The van der Waals surface area contributed by atoms with E-state index in [0.29, 0.717) is 6.54 Å². The summed E-state index contributed by atoms with van der Waals surface area (Å²) in [4.78, 5) is 3.41. The fraction of sp³-hybridized carbons (Fsp3) is 0.667. The average molecular weight is 170 g/mol. The van der Waals surface area contributed by atoms with Gasteiger partial charge >= 0.3 is 6.08 Å². The second-order valence-corrected chi connectivity index (χ2v) is 2.36. The zero-order valence-corrected chi connectivity index (χ0v) is 5.54. The Bertz CT molecular complexity index is 151. The smallest absolute Gasteiger partial charge is 0.438 e. The molecule has 0 aromatic carbocycles. The molecular weight excluding hydrogens is 165 g/mol. The number of ether oxygens (including phenoxy) is 1. The summed E-state index contributed by atoms with van der Waals surface area (Å²) in [5.41, 5.74) is 0. The molecule has 0 saturated carbocycles. The molecule has 1 aliphatic heterocycles. The highest BCUT2D eigenvalue weighted by Crippen LogP contribution is 1.99. The molecule has 7 heteroatoms. The Balaban J connectivity index is 2.38. The van der Waals surface area contributed by atoms with Gasteiger partial charge in [0.1, 0.15) is 16.9 Å². The molecule has 0 aromatic rings. The van der Waals surface area contributed by atoms with E-state index in [1.165, 1.54) is 0 Å². The van der Waals surface area contributed by atoms with Crippen molar-refractivity contribution in [3.8, 4) is 0 Å². The van der Waals surface area contributed by atoms with Crippen molar-refractivity contribution < 1.29 is 33.2 Å². The third kappa shape index (κ3) is 2.36. The van der Waals surface area contributed by atoms with Gasteiger partial charge in [-0.15, -0.1) is 0 Å². The fourth-order valence-electron chi connectivity index (χ4n) is 0.443. The zero-order valence-electron chi connectivity index (χ0n) is 4.78. The molecular formula is C3H4ClNO5. The van der Waals surface area contributed by atoms with Crippen molar-refractivity contribution in [2.24, 2.45) is 4.99 Å². The second-order valence-electron chi connectivity index (χ2n) is 1.45. The molecule has 1 rings (SSSR count). The van der Waals surface area contributed by atoms with Crippen molar-refractivity contribution in [2.45, 2.75) is 0 Å². The highest BCUT2D eigenvalue weighted by molar-refractivity contribution is 5.67. The molecule has 0 spiro atoms. The normalized spacial score (nSPS) is 18.1. The van der Waals surface area contributed by atoms with Crippen LogP contribution in [0.3, 0.4) is 0 Å². The maximum absolute atomic E-state index is 9.82. The first-order valence-electron chi connectivity index (χ1n) is 2.35. The molecule has 6 nitrogen and oxygen atoms in total. The molecule has 58 valence electrons. The fourth-order valence-corrected chi connectivity index (χ4v) is 0.698. The van der Waals surface area contributed by atoms with E-state index in [1.54, 1.807) is 0 Å². The Morgan fingerprint density at radius 3 is 2.60 bits per heavy atom. The molecule has 0 N–H and O–H groups in total. The van der Waals surface area contributed by atoms with Gasteiger partial charge < -0.3 is 4.74 Å². The maximum Gasteiger partial charge on any atom is 0.543 e. The molecule has 0 aromatic heterocycles. The van der Waals surface area contributed by atoms with Gasteiger partial charge in [0, 0.05) is 0 Å². The van der Waals surface area contributed by atoms with Gasteiger partial charge in [-0.1, -0.05) is 0 Å². The predicted molar refractivity (Wildman–Crippen MR) is 19.3 cm³/mol. The van der Waals surface area contributed by atoms with E-state index in [1.807, 2.05) is 0 Å². The molecule has 0 saturated heterocycles. The molecule has 0 unspecified atom stereocenters. The molecule has 0 amide bonds. The molecule has 0 bridgehead atoms. The minimum absolute atomic E-state index is 0.250. The highest BCUT2D eigenvalue weighted by atomic mass is 35.7. The number of halogens is 1. The lowest BCUT2D eigenvalue weighted by atomic mass is 10.8. The highest BCUT2D eigenvalue weighted by Gasteiger charge is 2.27. The summed E-state index contributed by atoms with van der Waals surface area (Å²) in [6.07, 6.45) is -0.475. The van der Waals surface area contributed by atoms with Gasteiger partial charge in [0.2, 0.25) is 0 Å². The molecule has 1 heterocycles. The van der Waals surface area contributed by atoms with Gasteiger partial charge in [-0.25, -0.2) is 0 Å². The Morgan fingerprint density at radius 2 is 2.20 bits per heavy atom. The summed E-state index contributed by atoms with van der Waals surface area (Å²) >= 11 is 0. The van der Waals surface area contributed by atoms with Crippen molar-refractivity contribution in [3.05, 3.63) is 0 Å². The average Bonchev–Trinajstić information content (AvgIpc) is 2.12. The van der Waals surface area contributed by atoms with Crippen LogP contribution in [0.4, 0.5) is 0 Å². The van der Waals surface area contributed by atoms with E-state index >= 15 is 0 Å². The van der Waals surface area contributed by atoms with Crippen LogP contribution in [0.2, 0.25) is 0 Å². The zero-order chi connectivity index (χ0) is 7.61. The summed E-state index contributed by atoms with van der Waals surface area (Å²) in [5, 5.41) is 0. The first-order chi connectivity index (χ1) is 4.58. The van der Waals surface area contributed by atoms with Crippen molar-refractivity contribution in [1.29, 1.82) is 0 Å². The van der Waals surface area contributed by atoms with Crippen LogP contribution < -0.4 is 14.0 Å². The Morgan fingerprint density at radius 1 is 1.50 bits per heavy atom. The molecule has 0 atom stereocenters. The SMILES string of the molecule is [O-][Cl+3]([O-])([O-])OC1=NCCO1. The Hall–Kier alpha value is -0.560. The predicted octanol–water partition coefficient (Wildman–Crippen LogP) is -3.71. The van der Waals surface area contributed by atoms with Crippen molar-refractivity contribution >= 4 is 6.08 Å². The number of rotatable bonds is 1. The Labute approximate surface area is 58.4 Å². The third-order valence-electron chi connectivity index (χ3n) is 0.718. The minimum Gasteiger partial charge on any atom is -0.438 e. The van der Waals surface area contributed by atoms with E-state index < -0.39 is 16.3 Å². The lowest BCUT2D eigenvalue weighted by Gasteiger charge is -2.10. The number of nitrogens with zero attached hydrogens (tertiary/aromatic N) is 1. The van der Waals surface area contributed by atoms with E-state index in [4.69, 9.17) is 0 Å². The van der Waals surface area contributed by atoms with E-state index in [9.17, 15) is 14.0 Å². The first kappa shape index (κ1) is 7.55. The summed E-state index contributed by atoms with van der Waals surface area (Å²) in [6, 6.07) is 0. The van der Waals surface area contributed by atoms with Gasteiger partial charge in [0.05, 0.1) is 6.54 Å². The molecule has 0 radical (unpaired) electrons. The second kappa shape index (κ2) is 2.59. The first-order valence-corrected chi connectivity index (χ1v) is 3.59. The van der Waals surface area contributed by atoms with E-state index in [2.05, 4.69) is 14.0 Å². The van der Waals surface area contributed by atoms with Crippen LogP contribution in [-0.4, -0.2) is 19.2 Å². The van der Waals surface area contributed by atoms with Crippen LogP contribution in [0, 0.1) is 10.2 Å². The van der Waals surface area contributed by atoms with Gasteiger partial charge in [-0.3, -0.25) is 0 Å². The van der Waals surface area contributed by atoms with Crippen LogP contribution in [0.15, 0.2) is 4.99 Å². The largest absolute Gasteiger partial charge is 0.543 e. The van der Waals surface area contributed by atoms with Gasteiger partial charge in [0.25, 0.3) is 0 Å². The summed E-state index contributed by atoms with van der Waals surface area (Å²) in [6.45, 7) is 0.570. The number of hydrogen-bond acceptors (Lipinski definition) is 6. The quantitative estimate of drug-likeness (QED) is 0.402. The lowest BCUT2D eigenvalue weighted by molar-refractivity contribution is -1.92. The van der Waals surface area contributed by atoms with Gasteiger partial charge in [-0.05, 0) is 4.29 Å². The van der Waals surface area contributed by atoms with Crippen molar-refractivity contribution in [2.75, 3.05) is 13.2 Å². The van der Waals surface area contributed by atoms with Crippen LogP contribution in [0.25, 0.3) is 0 Å². The Kier molecular flexibility index (Phi) is 1.95. The maximum atomic E-state index is 9.82. The number of aliphatic imine (C=N–C) groups is 1. The topological polar surface area (TPSA) is 100 Å². The standard InChI is InChI=1S/C3H4ClNO5/c6-4(7,8)10-3-5-1-2-9-3/h1-2H2. The lowest BCUT2D eigenvalue weighted by Crippen LogP contribution is -2.61. The van der Waals surface area contributed by atoms with Crippen molar-refractivity contribution in [3.63, 3.8) is 0 Å². The molecule has 1 aliphatic rings. The third-order valence-corrected chi connectivity index (χ3v) is 1.04. The van der Waals surface area contributed by atoms with Crippen molar-refractivity contribution in [1.82, 2.24) is 0 Å². The van der Waals surface area contributed by atoms with E-state index in [0.717, 1.165) is 0 Å². The summed E-state index contributed by atoms with van der Waals surface area (Å²) in [7, 11) is -4.46. The summed E-state index contributed by atoms with van der Waals surface area (Å²) in [5.74, 6) is 0. The summed E-state index contributed by atoms with van der Waals surface area (Å²) < 4.78 is 37.6. The molecule has 10 heavy (non-hydrogen) atoms. The minimum atomic E-state index is -4.46. The molecule has 0 fully saturated rings. The monoisotopic (exact) mass is 169 g/mol. The van der Waals surface area contributed by atoms with Crippen LogP contribution in [-0.2, 0) is 9.03 Å². The van der Waals surface area contributed by atoms with Crippen LogP contribution in [0.1, 0.15) is 0 Å². The van der Waals surface area contributed by atoms with Gasteiger partial charge in [0.15, 0.2) is 0 Å². The van der Waals surface area contributed by atoms with Gasteiger partial charge in [-0.2, -0.15) is 19.0 Å². The van der Waals surface area contributed by atoms with Crippen LogP contribution in [0.5, 0.6) is 0 Å². The number of hydrogen-bond donors (Lipinski definition) is 0. The van der Waals surface area contributed by atoms with Crippen LogP contribution >= 0.6 is 0 Å². The van der Waals surface area contributed by atoms with E-state index in [-0.39, 0.29) is 6.61 Å². The molecule has 0 aliphatic carbocycles.